The number of hydrogen-bond acceptors (Lipinski definition) is 4. The first-order valence-corrected chi connectivity index (χ1v) is 10.8. The summed E-state index contributed by atoms with van der Waals surface area (Å²) in [4.78, 5) is 22.1. The zero-order chi connectivity index (χ0) is 20.1. The average Bonchev–Trinajstić information content (AvgIpc) is 2.80. The van der Waals surface area contributed by atoms with Gasteiger partial charge in [-0.15, -0.1) is 0 Å². The Bertz CT molecular complexity index is 766. The van der Waals surface area contributed by atoms with E-state index >= 15 is 0 Å². The standard InChI is InChI=1S/C24H32N4O/c1-21(22-8-4-2-5-9-22)26-16-18-28(19-17-26)24(29)20-25-12-14-27(15-13-25)23-10-6-3-7-11-23/h2-11,21H,12-20H2,1H3/t21-/m0/s1. The van der Waals surface area contributed by atoms with Crippen molar-refractivity contribution in [3.8, 4) is 0 Å². The van der Waals surface area contributed by atoms with Gasteiger partial charge in [0.15, 0.2) is 0 Å². The summed E-state index contributed by atoms with van der Waals surface area (Å²) in [5.41, 5.74) is 2.63. The molecule has 2 aromatic rings. The van der Waals surface area contributed by atoms with E-state index in [4.69, 9.17) is 0 Å². The van der Waals surface area contributed by atoms with Crippen LogP contribution < -0.4 is 4.90 Å². The number of carbonyl (C=O) groups is 1. The first kappa shape index (κ1) is 19.9. The lowest BCUT2D eigenvalue weighted by Crippen LogP contribution is -2.54. The number of piperazine rings is 2. The Morgan fingerprint density at radius 2 is 1.38 bits per heavy atom. The minimum absolute atomic E-state index is 0.283. The van der Waals surface area contributed by atoms with Crippen LogP contribution in [-0.4, -0.2) is 79.5 Å². The number of amides is 1. The highest BCUT2D eigenvalue weighted by Crippen LogP contribution is 2.21. The second-order valence-electron chi connectivity index (χ2n) is 8.10. The summed E-state index contributed by atoms with van der Waals surface area (Å²) in [5.74, 6) is 0.283. The summed E-state index contributed by atoms with van der Waals surface area (Å²) in [6.07, 6.45) is 0. The lowest BCUT2D eigenvalue weighted by molar-refractivity contribution is -0.134. The van der Waals surface area contributed by atoms with Crippen LogP contribution in [0.1, 0.15) is 18.5 Å². The molecular weight excluding hydrogens is 360 g/mol. The fourth-order valence-corrected chi connectivity index (χ4v) is 4.40. The highest BCUT2D eigenvalue weighted by atomic mass is 16.2. The van der Waals surface area contributed by atoms with E-state index in [2.05, 4.69) is 87.2 Å². The van der Waals surface area contributed by atoms with E-state index in [0.29, 0.717) is 12.6 Å². The van der Waals surface area contributed by atoms with Crippen LogP contribution >= 0.6 is 0 Å². The summed E-state index contributed by atoms with van der Waals surface area (Å²) in [6, 6.07) is 21.6. The van der Waals surface area contributed by atoms with E-state index in [0.717, 1.165) is 52.4 Å². The fraction of sp³-hybridized carbons (Fsp3) is 0.458. The third-order valence-corrected chi connectivity index (χ3v) is 6.35. The number of hydrogen-bond donors (Lipinski definition) is 0. The van der Waals surface area contributed by atoms with Gasteiger partial charge in [-0.2, -0.15) is 0 Å². The van der Waals surface area contributed by atoms with E-state index in [9.17, 15) is 4.79 Å². The van der Waals surface area contributed by atoms with Crippen molar-refractivity contribution in [2.45, 2.75) is 13.0 Å². The molecule has 2 saturated heterocycles. The van der Waals surface area contributed by atoms with Gasteiger partial charge in [0.25, 0.3) is 0 Å². The van der Waals surface area contributed by atoms with Crippen molar-refractivity contribution in [2.24, 2.45) is 0 Å². The summed E-state index contributed by atoms with van der Waals surface area (Å²) < 4.78 is 0. The monoisotopic (exact) mass is 392 g/mol. The van der Waals surface area contributed by atoms with Crippen molar-refractivity contribution in [2.75, 3.05) is 63.8 Å². The molecule has 154 valence electrons. The lowest BCUT2D eigenvalue weighted by Gasteiger charge is -2.40. The van der Waals surface area contributed by atoms with Crippen LogP contribution in [-0.2, 0) is 4.79 Å². The molecule has 1 atom stereocenters. The highest BCUT2D eigenvalue weighted by molar-refractivity contribution is 5.78. The average molecular weight is 393 g/mol. The van der Waals surface area contributed by atoms with Crippen LogP contribution in [0, 0.1) is 0 Å². The molecule has 5 heteroatoms. The molecule has 0 radical (unpaired) electrons. The first-order valence-electron chi connectivity index (χ1n) is 10.8. The molecule has 2 heterocycles. The van der Waals surface area contributed by atoms with Gasteiger partial charge in [0.1, 0.15) is 0 Å². The Morgan fingerprint density at radius 1 is 0.793 bits per heavy atom. The van der Waals surface area contributed by atoms with Gasteiger partial charge in [-0.05, 0) is 24.6 Å². The number of nitrogens with zero attached hydrogens (tertiary/aromatic N) is 4. The first-order chi connectivity index (χ1) is 14.2. The third-order valence-electron chi connectivity index (χ3n) is 6.35. The molecule has 2 fully saturated rings. The van der Waals surface area contributed by atoms with Crippen molar-refractivity contribution in [1.29, 1.82) is 0 Å². The molecule has 2 aromatic carbocycles. The maximum Gasteiger partial charge on any atom is 0.236 e. The SMILES string of the molecule is C[C@@H](c1ccccc1)N1CCN(C(=O)CN2CCN(c3ccccc3)CC2)CC1. The van der Waals surface area contributed by atoms with Gasteiger partial charge in [0.05, 0.1) is 6.54 Å². The van der Waals surface area contributed by atoms with Crippen molar-refractivity contribution >= 4 is 11.6 Å². The molecular formula is C24H32N4O. The molecule has 0 aliphatic carbocycles. The highest BCUT2D eigenvalue weighted by Gasteiger charge is 2.26. The molecule has 0 bridgehead atoms. The van der Waals surface area contributed by atoms with Crippen LogP contribution in [0.15, 0.2) is 60.7 Å². The summed E-state index contributed by atoms with van der Waals surface area (Å²) in [6.45, 7) is 10.2. The van der Waals surface area contributed by atoms with E-state index in [1.165, 1.54) is 11.3 Å². The zero-order valence-corrected chi connectivity index (χ0v) is 17.4. The maximum absolute atomic E-state index is 12.8. The second kappa shape index (κ2) is 9.42. The minimum atomic E-state index is 0.283. The molecule has 4 rings (SSSR count). The Morgan fingerprint density at radius 3 is 2.00 bits per heavy atom. The van der Waals surface area contributed by atoms with Gasteiger partial charge >= 0.3 is 0 Å². The molecule has 0 saturated carbocycles. The molecule has 2 aliphatic rings. The Hall–Kier alpha value is -2.37. The number of benzene rings is 2. The second-order valence-corrected chi connectivity index (χ2v) is 8.10. The van der Waals surface area contributed by atoms with Gasteiger partial charge in [0, 0.05) is 64.1 Å². The van der Waals surface area contributed by atoms with Crippen molar-refractivity contribution in [1.82, 2.24) is 14.7 Å². The molecule has 0 N–H and O–H groups in total. The summed E-state index contributed by atoms with van der Waals surface area (Å²) in [5, 5.41) is 0. The van der Waals surface area contributed by atoms with Crippen LogP contribution in [0.2, 0.25) is 0 Å². The van der Waals surface area contributed by atoms with E-state index in [1.807, 2.05) is 0 Å². The largest absolute Gasteiger partial charge is 0.369 e. The predicted octanol–water partition coefficient (Wildman–Crippen LogP) is 2.71. The molecule has 5 nitrogen and oxygen atoms in total. The van der Waals surface area contributed by atoms with Crippen LogP contribution in [0.5, 0.6) is 0 Å². The third kappa shape index (κ3) is 4.98. The van der Waals surface area contributed by atoms with Crippen LogP contribution in [0.25, 0.3) is 0 Å². The molecule has 0 aromatic heterocycles. The van der Waals surface area contributed by atoms with Crippen LogP contribution in [0.4, 0.5) is 5.69 Å². The van der Waals surface area contributed by atoms with E-state index in [1.54, 1.807) is 0 Å². The Kier molecular flexibility index (Phi) is 6.47. The van der Waals surface area contributed by atoms with E-state index in [-0.39, 0.29) is 5.91 Å². The normalized spacial score (nSPS) is 19.9. The van der Waals surface area contributed by atoms with Crippen molar-refractivity contribution < 1.29 is 4.79 Å². The number of carbonyl (C=O) groups excluding carboxylic acids is 1. The van der Waals surface area contributed by atoms with Gasteiger partial charge in [-0.25, -0.2) is 0 Å². The maximum atomic E-state index is 12.8. The lowest BCUT2D eigenvalue weighted by atomic mass is 10.1. The smallest absolute Gasteiger partial charge is 0.236 e. The summed E-state index contributed by atoms with van der Waals surface area (Å²) >= 11 is 0. The zero-order valence-electron chi connectivity index (χ0n) is 17.4. The topological polar surface area (TPSA) is 30.0 Å². The molecule has 29 heavy (non-hydrogen) atoms. The van der Waals surface area contributed by atoms with Crippen molar-refractivity contribution in [3.05, 3.63) is 66.2 Å². The quantitative estimate of drug-likeness (QED) is 0.783. The van der Waals surface area contributed by atoms with Gasteiger partial charge in [-0.1, -0.05) is 48.5 Å². The predicted molar refractivity (Wildman–Crippen MR) is 118 cm³/mol. The Labute approximate surface area is 174 Å². The number of anilines is 1. The van der Waals surface area contributed by atoms with E-state index < -0.39 is 0 Å². The van der Waals surface area contributed by atoms with Crippen molar-refractivity contribution in [3.63, 3.8) is 0 Å². The van der Waals surface area contributed by atoms with Gasteiger partial charge in [0.2, 0.25) is 5.91 Å². The Balaban J connectivity index is 1.21. The fourth-order valence-electron chi connectivity index (χ4n) is 4.40. The molecule has 0 unspecified atom stereocenters. The molecule has 1 amide bonds. The number of rotatable bonds is 5. The number of para-hydroxylation sites is 1. The van der Waals surface area contributed by atoms with Gasteiger partial charge in [-0.3, -0.25) is 14.6 Å². The minimum Gasteiger partial charge on any atom is -0.369 e. The summed E-state index contributed by atoms with van der Waals surface area (Å²) in [7, 11) is 0. The van der Waals surface area contributed by atoms with Gasteiger partial charge < -0.3 is 9.80 Å². The van der Waals surface area contributed by atoms with Crippen LogP contribution in [0.3, 0.4) is 0 Å². The molecule has 2 aliphatic heterocycles. The molecule has 0 spiro atoms.